The van der Waals surface area contributed by atoms with Gasteiger partial charge >= 0.3 is 0 Å². The average Bonchev–Trinajstić information content (AvgIpc) is 2.31. The number of alkyl halides is 1. The molecule has 1 fully saturated rings. The van der Waals surface area contributed by atoms with Crippen LogP contribution in [0.5, 0.6) is 0 Å². The van der Waals surface area contributed by atoms with Gasteiger partial charge in [0.05, 0.1) is 6.67 Å². The lowest BCUT2D eigenvalue weighted by atomic mass is 10.1. The standard InChI is InChI=1S/C13H19FN2/c14-5-4-12-2-1-3-13(10-12)11-16-8-6-15-7-9-16/h1-3,10,15H,4-9,11H2. The lowest BCUT2D eigenvalue weighted by Gasteiger charge is -2.27. The molecule has 1 N–H and O–H groups in total. The Morgan fingerprint density at radius 3 is 2.69 bits per heavy atom. The lowest BCUT2D eigenvalue weighted by molar-refractivity contribution is 0.233. The second-order valence-electron chi connectivity index (χ2n) is 4.29. The summed E-state index contributed by atoms with van der Waals surface area (Å²) in [6.07, 6.45) is 0.537. The van der Waals surface area contributed by atoms with Crippen LogP contribution in [0.2, 0.25) is 0 Å². The van der Waals surface area contributed by atoms with Gasteiger partial charge in [0.25, 0.3) is 0 Å². The summed E-state index contributed by atoms with van der Waals surface area (Å²) >= 11 is 0. The van der Waals surface area contributed by atoms with Crippen LogP contribution in [0.25, 0.3) is 0 Å². The van der Waals surface area contributed by atoms with Gasteiger partial charge in [-0.1, -0.05) is 24.3 Å². The van der Waals surface area contributed by atoms with E-state index in [4.69, 9.17) is 0 Å². The molecule has 1 saturated heterocycles. The van der Waals surface area contributed by atoms with Crippen molar-refractivity contribution in [1.29, 1.82) is 0 Å². The van der Waals surface area contributed by atoms with E-state index in [0.717, 1.165) is 38.3 Å². The third-order valence-corrected chi connectivity index (χ3v) is 2.99. The van der Waals surface area contributed by atoms with Crippen molar-refractivity contribution in [3.8, 4) is 0 Å². The van der Waals surface area contributed by atoms with Gasteiger partial charge in [0.15, 0.2) is 0 Å². The molecule has 0 aromatic heterocycles. The van der Waals surface area contributed by atoms with Crippen LogP contribution in [0, 0.1) is 0 Å². The molecule has 0 radical (unpaired) electrons. The van der Waals surface area contributed by atoms with Crippen molar-refractivity contribution in [3.63, 3.8) is 0 Å². The molecular formula is C13H19FN2. The molecule has 2 rings (SSSR count). The van der Waals surface area contributed by atoms with E-state index in [9.17, 15) is 4.39 Å². The molecule has 2 nitrogen and oxygen atoms in total. The van der Waals surface area contributed by atoms with E-state index >= 15 is 0 Å². The predicted octanol–water partition coefficient (Wildman–Crippen LogP) is 1.60. The number of nitrogens with zero attached hydrogens (tertiary/aromatic N) is 1. The molecule has 0 aliphatic carbocycles. The number of nitrogens with one attached hydrogen (secondary N) is 1. The Hall–Kier alpha value is -0.930. The highest BCUT2D eigenvalue weighted by molar-refractivity contribution is 5.23. The second-order valence-corrected chi connectivity index (χ2v) is 4.29. The van der Waals surface area contributed by atoms with E-state index in [2.05, 4.69) is 22.3 Å². The van der Waals surface area contributed by atoms with Crippen LogP contribution in [-0.4, -0.2) is 37.8 Å². The maximum absolute atomic E-state index is 12.3. The Morgan fingerprint density at radius 1 is 1.19 bits per heavy atom. The van der Waals surface area contributed by atoms with Crippen LogP contribution in [0.1, 0.15) is 11.1 Å². The van der Waals surface area contributed by atoms with Gasteiger partial charge in [0.2, 0.25) is 0 Å². The summed E-state index contributed by atoms with van der Waals surface area (Å²) in [5.74, 6) is 0. The number of halogens is 1. The Kier molecular flexibility index (Phi) is 4.31. The van der Waals surface area contributed by atoms with Crippen molar-refractivity contribution in [1.82, 2.24) is 10.2 Å². The van der Waals surface area contributed by atoms with Crippen molar-refractivity contribution >= 4 is 0 Å². The summed E-state index contributed by atoms with van der Waals surface area (Å²) in [6, 6.07) is 8.29. The smallest absolute Gasteiger partial charge is 0.0934 e. The first-order valence-corrected chi connectivity index (χ1v) is 5.95. The van der Waals surface area contributed by atoms with Gasteiger partial charge in [-0.05, 0) is 11.1 Å². The van der Waals surface area contributed by atoms with E-state index in [1.165, 1.54) is 5.56 Å². The second kappa shape index (κ2) is 5.97. The van der Waals surface area contributed by atoms with Gasteiger partial charge in [0.1, 0.15) is 0 Å². The quantitative estimate of drug-likeness (QED) is 0.832. The number of benzene rings is 1. The van der Waals surface area contributed by atoms with Gasteiger partial charge in [-0.25, -0.2) is 0 Å². The zero-order valence-electron chi connectivity index (χ0n) is 9.58. The van der Waals surface area contributed by atoms with Crippen molar-refractivity contribution < 1.29 is 4.39 Å². The molecule has 16 heavy (non-hydrogen) atoms. The van der Waals surface area contributed by atoms with Gasteiger partial charge in [-0.15, -0.1) is 0 Å². The first-order valence-electron chi connectivity index (χ1n) is 5.95. The highest BCUT2D eigenvalue weighted by atomic mass is 19.1. The molecule has 0 saturated carbocycles. The lowest BCUT2D eigenvalue weighted by Crippen LogP contribution is -2.42. The molecule has 0 bridgehead atoms. The Morgan fingerprint density at radius 2 is 1.94 bits per heavy atom. The normalized spacial score (nSPS) is 17.6. The van der Waals surface area contributed by atoms with E-state index in [0.29, 0.717) is 6.42 Å². The molecule has 88 valence electrons. The van der Waals surface area contributed by atoms with E-state index < -0.39 is 0 Å². The SMILES string of the molecule is FCCc1cccc(CN2CCNCC2)c1. The summed E-state index contributed by atoms with van der Waals surface area (Å²) < 4.78 is 12.3. The number of hydrogen-bond acceptors (Lipinski definition) is 2. The maximum Gasteiger partial charge on any atom is 0.0934 e. The fourth-order valence-electron chi connectivity index (χ4n) is 2.12. The zero-order valence-corrected chi connectivity index (χ0v) is 9.58. The van der Waals surface area contributed by atoms with E-state index in [1.807, 2.05) is 12.1 Å². The number of piperazine rings is 1. The van der Waals surface area contributed by atoms with Crippen LogP contribution in [0.3, 0.4) is 0 Å². The van der Waals surface area contributed by atoms with Crippen LogP contribution >= 0.6 is 0 Å². The van der Waals surface area contributed by atoms with Crippen molar-refractivity contribution in [2.24, 2.45) is 0 Å². The molecule has 1 aromatic carbocycles. The minimum atomic E-state index is -0.267. The summed E-state index contributed by atoms with van der Waals surface area (Å²) in [5.41, 5.74) is 2.41. The first-order chi connectivity index (χ1) is 7.88. The number of hydrogen-bond donors (Lipinski definition) is 1. The Labute approximate surface area is 96.5 Å². The minimum absolute atomic E-state index is 0.267. The summed E-state index contributed by atoms with van der Waals surface area (Å²) in [4.78, 5) is 2.44. The molecule has 0 spiro atoms. The largest absolute Gasteiger partial charge is 0.314 e. The van der Waals surface area contributed by atoms with Crippen LogP contribution < -0.4 is 5.32 Å². The van der Waals surface area contributed by atoms with Gasteiger partial charge in [0, 0.05) is 39.1 Å². The fraction of sp³-hybridized carbons (Fsp3) is 0.538. The van der Waals surface area contributed by atoms with Crippen LogP contribution in [0.15, 0.2) is 24.3 Å². The predicted molar refractivity (Wildman–Crippen MR) is 64.3 cm³/mol. The maximum atomic E-state index is 12.3. The van der Waals surface area contributed by atoms with Crippen LogP contribution in [-0.2, 0) is 13.0 Å². The molecular weight excluding hydrogens is 203 g/mol. The first kappa shape index (κ1) is 11.6. The van der Waals surface area contributed by atoms with Crippen molar-refractivity contribution in [2.75, 3.05) is 32.9 Å². The molecule has 1 heterocycles. The molecule has 0 unspecified atom stereocenters. The number of rotatable bonds is 4. The zero-order chi connectivity index (χ0) is 11.2. The fourth-order valence-corrected chi connectivity index (χ4v) is 2.12. The Bertz CT molecular complexity index is 321. The van der Waals surface area contributed by atoms with Crippen molar-refractivity contribution in [2.45, 2.75) is 13.0 Å². The van der Waals surface area contributed by atoms with E-state index in [1.54, 1.807) is 0 Å². The molecule has 0 amide bonds. The summed E-state index contributed by atoms with van der Waals surface area (Å²) in [6.45, 7) is 5.08. The van der Waals surface area contributed by atoms with Crippen LogP contribution in [0.4, 0.5) is 4.39 Å². The number of aryl methyl sites for hydroxylation is 1. The monoisotopic (exact) mass is 222 g/mol. The summed E-state index contributed by atoms with van der Waals surface area (Å²) in [5, 5.41) is 3.34. The van der Waals surface area contributed by atoms with Crippen molar-refractivity contribution in [3.05, 3.63) is 35.4 Å². The third-order valence-electron chi connectivity index (χ3n) is 2.99. The van der Waals surface area contributed by atoms with E-state index in [-0.39, 0.29) is 6.67 Å². The molecule has 3 heteroatoms. The topological polar surface area (TPSA) is 15.3 Å². The van der Waals surface area contributed by atoms with Gasteiger partial charge < -0.3 is 5.32 Å². The molecule has 0 atom stereocenters. The summed E-state index contributed by atoms with van der Waals surface area (Å²) in [7, 11) is 0. The minimum Gasteiger partial charge on any atom is -0.314 e. The molecule has 1 aromatic rings. The highest BCUT2D eigenvalue weighted by Crippen LogP contribution is 2.09. The Balaban J connectivity index is 1.94. The highest BCUT2D eigenvalue weighted by Gasteiger charge is 2.09. The third kappa shape index (κ3) is 3.29. The average molecular weight is 222 g/mol. The molecule has 1 aliphatic heterocycles. The van der Waals surface area contributed by atoms with Gasteiger partial charge in [-0.3, -0.25) is 9.29 Å². The van der Waals surface area contributed by atoms with Gasteiger partial charge in [-0.2, -0.15) is 0 Å². The molecule has 1 aliphatic rings.